The molecule has 122 valence electrons. The molecule has 0 unspecified atom stereocenters. The van der Waals surface area contributed by atoms with E-state index in [0.29, 0.717) is 6.54 Å². The standard InChI is InChI=1S/C12H15N3O6S.Al/c13-22(19,20)8-4-2-1-3-7(8)15-11(17)9(16)10-12(18)14-5-6-21-10;/h1-4,9-10,16H,5-6H2,(H4,13,14,15,17,18,19,20);/q;+1/p-1/t9-,10-;/m1./s1. The van der Waals surface area contributed by atoms with E-state index in [-0.39, 0.29) is 17.2 Å². The highest BCUT2D eigenvalue weighted by Gasteiger charge is 2.37. The third-order valence-corrected chi connectivity index (χ3v) is 4.64. The van der Waals surface area contributed by atoms with Gasteiger partial charge >= 0.3 is 16.5 Å². The molecule has 0 aromatic heterocycles. The summed E-state index contributed by atoms with van der Waals surface area (Å²) in [4.78, 5) is 23.7. The lowest BCUT2D eigenvalue weighted by Crippen LogP contribution is -2.54. The molecule has 0 spiro atoms. The van der Waals surface area contributed by atoms with Gasteiger partial charge in [0.05, 0.1) is 12.3 Å². The minimum absolute atomic E-state index is 0.0926. The molecule has 2 atom stereocenters. The van der Waals surface area contributed by atoms with Crippen LogP contribution in [0.5, 0.6) is 0 Å². The summed E-state index contributed by atoms with van der Waals surface area (Å²) in [6, 6.07) is 5.45. The molecule has 23 heavy (non-hydrogen) atoms. The van der Waals surface area contributed by atoms with E-state index in [2.05, 4.69) is 21.8 Å². The summed E-state index contributed by atoms with van der Waals surface area (Å²) in [6.45, 7) is 0.487. The van der Waals surface area contributed by atoms with Crippen molar-refractivity contribution in [2.45, 2.75) is 17.1 Å². The fourth-order valence-electron chi connectivity index (χ4n) is 2.01. The normalized spacial score (nSPS) is 20.2. The predicted octanol–water partition coefficient (Wildman–Crippen LogP) is -2.06. The van der Waals surface area contributed by atoms with Crippen LogP contribution in [0.1, 0.15) is 0 Å². The number of sulfonamides is 1. The summed E-state index contributed by atoms with van der Waals surface area (Å²) in [6.07, 6.45) is -3.15. The number of para-hydroxylation sites is 1. The summed E-state index contributed by atoms with van der Waals surface area (Å²) in [5.74, 6) is -1.54. The number of morpholine rings is 1. The number of anilines is 1. The van der Waals surface area contributed by atoms with E-state index < -0.39 is 34.0 Å². The molecule has 1 aromatic rings. The van der Waals surface area contributed by atoms with Crippen LogP contribution in [0.3, 0.4) is 0 Å². The fraction of sp³-hybridized carbons (Fsp3) is 0.333. The highest BCUT2D eigenvalue weighted by Crippen LogP contribution is 2.20. The first-order valence-electron chi connectivity index (χ1n) is 6.50. The number of primary sulfonamides is 1. The van der Waals surface area contributed by atoms with Crippen LogP contribution < -0.4 is 10.5 Å². The minimum Gasteiger partial charge on any atom is -0.447 e. The van der Waals surface area contributed by atoms with Gasteiger partial charge in [0, 0.05) is 6.54 Å². The molecule has 0 bridgehead atoms. The number of aliphatic hydroxyl groups excluding tert-OH is 1. The average Bonchev–Trinajstić information content (AvgIpc) is 2.49. The van der Waals surface area contributed by atoms with E-state index in [9.17, 15) is 23.1 Å². The van der Waals surface area contributed by atoms with Crippen molar-refractivity contribution in [1.29, 1.82) is 0 Å². The van der Waals surface area contributed by atoms with E-state index in [0.717, 1.165) is 0 Å². The Morgan fingerprint density at radius 2 is 2.13 bits per heavy atom. The number of carbonyl (C=O) groups excluding carboxylic acids is 2. The van der Waals surface area contributed by atoms with E-state index in [1.165, 1.54) is 28.1 Å². The highest BCUT2D eigenvalue weighted by atomic mass is 32.2. The number of benzene rings is 1. The van der Waals surface area contributed by atoms with E-state index >= 15 is 0 Å². The van der Waals surface area contributed by atoms with Crippen molar-refractivity contribution in [1.82, 2.24) is 3.88 Å². The molecule has 2 rings (SSSR count). The van der Waals surface area contributed by atoms with E-state index in [4.69, 9.17) is 9.88 Å². The maximum Gasteiger partial charge on any atom is 0.315 e. The molecule has 9 nitrogen and oxygen atoms in total. The number of carbonyl (C=O) groups is 2. The third kappa shape index (κ3) is 4.08. The Labute approximate surface area is 141 Å². The molecular formula is C12H14AlN3O6S. The van der Waals surface area contributed by atoms with Gasteiger partial charge in [-0.15, -0.1) is 0 Å². The maximum absolute atomic E-state index is 12.1. The number of ether oxygens (including phenoxy) is 1. The summed E-state index contributed by atoms with van der Waals surface area (Å²) >= 11 is 2.17. The van der Waals surface area contributed by atoms with Gasteiger partial charge in [-0.3, -0.25) is 9.59 Å². The van der Waals surface area contributed by atoms with Crippen LogP contribution in [0.4, 0.5) is 5.69 Å². The zero-order chi connectivity index (χ0) is 17.2. The molecule has 11 heteroatoms. The Balaban J connectivity index is 2.18. The van der Waals surface area contributed by atoms with Crippen molar-refractivity contribution in [3.8, 4) is 0 Å². The van der Waals surface area contributed by atoms with Crippen LogP contribution in [-0.4, -0.2) is 71.1 Å². The Bertz CT molecular complexity index is 725. The number of amides is 2. The smallest absolute Gasteiger partial charge is 0.315 e. The van der Waals surface area contributed by atoms with Crippen LogP contribution in [0, 0.1) is 0 Å². The van der Waals surface area contributed by atoms with Gasteiger partial charge in [0.2, 0.25) is 15.9 Å². The Hall–Kier alpha value is -1.48. The molecule has 1 aromatic carbocycles. The molecule has 0 aliphatic carbocycles. The lowest BCUT2D eigenvalue weighted by Gasteiger charge is -2.33. The molecule has 2 radical (unpaired) electrons. The molecule has 1 aliphatic heterocycles. The first kappa shape index (κ1) is 17.9. The van der Waals surface area contributed by atoms with Crippen molar-refractivity contribution in [3.05, 3.63) is 24.3 Å². The minimum atomic E-state index is -4.06. The average molecular weight is 355 g/mol. The SMILES string of the molecule is NS(=O)(=O)c1ccccc1NC(=O)[C@H](O)[C@H]1OCC[N]([Al])C1=O. The summed E-state index contributed by atoms with van der Waals surface area (Å²) in [5, 5.41) is 17.3. The largest absolute Gasteiger partial charge is 0.447 e. The van der Waals surface area contributed by atoms with E-state index in [1.807, 2.05) is 0 Å². The van der Waals surface area contributed by atoms with Gasteiger partial charge in [-0.2, -0.15) is 0 Å². The van der Waals surface area contributed by atoms with Crippen LogP contribution in [0.15, 0.2) is 29.2 Å². The predicted molar refractivity (Wildman–Crippen MR) is 79.7 cm³/mol. The monoisotopic (exact) mass is 355 g/mol. The molecule has 4 N–H and O–H groups in total. The van der Waals surface area contributed by atoms with Crippen molar-refractivity contribution >= 4 is 44.0 Å². The van der Waals surface area contributed by atoms with Crippen LogP contribution >= 0.6 is 0 Å². The van der Waals surface area contributed by atoms with Crippen molar-refractivity contribution in [2.75, 3.05) is 18.5 Å². The van der Waals surface area contributed by atoms with Crippen molar-refractivity contribution in [3.63, 3.8) is 0 Å². The zero-order valence-corrected chi connectivity index (χ0v) is 13.8. The summed E-state index contributed by atoms with van der Waals surface area (Å²) in [7, 11) is -4.06. The summed E-state index contributed by atoms with van der Waals surface area (Å²) in [5.41, 5.74) is -0.0926. The summed E-state index contributed by atoms with van der Waals surface area (Å²) < 4.78 is 29.3. The molecule has 1 aliphatic rings. The molecular weight excluding hydrogens is 341 g/mol. The number of aliphatic hydroxyl groups is 1. The number of rotatable bonds is 4. The number of nitrogens with one attached hydrogen (secondary N) is 1. The van der Waals surface area contributed by atoms with Crippen LogP contribution in [-0.2, 0) is 24.3 Å². The molecule has 1 fully saturated rings. The Morgan fingerprint density at radius 1 is 1.48 bits per heavy atom. The second-order valence-corrected chi connectivity index (χ2v) is 6.95. The van der Waals surface area contributed by atoms with Gasteiger partial charge < -0.3 is 19.0 Å². The van der Waals surface area contributed by atoms with Crippen LogP contribution in [0.2, 0.25) is 0 Å². The lowest BCUT2D eigenvalue weighted by atomic mass is 10.1. The number of hydrogen-bond donors (Lipinski definition) is 3. The maximum atomic E-state index is 12.1. The molecule has 0 saturated carbocycles. The zero-order valence-electron chi connectivity index (χ0n) is 11.9. The van der Waals surface area contributed by atoms with Crippen molar-refractivity contribution < 1.29 is 27.9 Å². The van der Waals surface area contributed by atoms with Crippen molar-refractivity contribution in [2.24, 2.45) is 5.14 Å². The first-order valence-corrected chi connectivity index (χ1v) is 8.56. The number of nitrogens with zero attached hydrogens (tertiary/aromatic N) is 1. The third-order valence-electron chi connectivity index (χ3n) is 3.16. The van der Waals surface area contributed by atoms with Gasteiger partial charge in [0.15, 0.2) is 12.2 Å². The molecule has 1 heterocycles. The highest BCUT2D eigenvalue weighted by molar-refractivity contribution is 7.89. The quantitative estimate of drug-likeness (QED) is 0.531. The topological polar surface area (TPSA) is 139 Å². The number of nitrogens with two attached hydrogens (primary N) is 1. The lowest BCUT2D eigenvalue weighted by molar-refractivity contribution is -0.160. The second kappa shape index (κ2) is 6.96. The first-order chi connectivity index (χ1) is 10.7. The van der Waals surface area contributed by atoms with Gasteiger partial charge in [-0.25, -0.2) is 13.6 Å². The van der Waals surface area contributed by atoms with Gasteiger partial charge in [-0.1, -0.05) is 12.1 Å². The number of hydrogen-bond acceptors (Lipinski definition) is 6. The fourth-order valence-corrected chi connectivity index (χ4v) is 2.96. The second-order valence-electron chi connectivity index (χ2n) is 4.80. The van der Waals surface area contributed by atoms with Gasteiger partial charge in [-0.05, 0) is 12.1 Å². The molecule has 1 saturated heterocycles. The van der Waals surface area contributed by atoms with Crippen LogP contribution in [0.25, 0.3) is 0 Å². The Kier molecular flexibility index (Phi) is 5.41. The molecule has 2 amide bonds. The van der Waals surface area contributed by atoms with Gasteiger partial charge in [0.25, 0.3) is 5.91 Å². The van der Waals surface area contributed by atoms with Gasteiger partial charge in [0.1, 0.15) is 4.90 Å². The Morgan fingerprint density at radius 3 is 2.78 bits per heavy atom. The van der Waals surface area contributed by atoms with E-state index in [1.54, 1.807) is 0 Å².